The van der Waals surface area contributed by atoms with Crippen molar-refractivity contribution >= 4 is 16.9 Å². The zero-order valence-electron chi connectivity index (χ0n) is 12.6. The van der Waals surface area contributed by atoms with E-state index in [0.29, 0.717) is 16.9 Å². The van der Waals surface area contributed by atoms with E-state index in [1.807, 2.05) is 0 Å². The molecule has 1 saturated heterocycles. The lowest BCUT2D eigenvalue weighted by Gasteiger charge is -2.29. The molecule has 8 heteroatoms. The normalized spacial score (nSPS) is 32.7. The molecule has 5 N–H and O–H groups in total. The molecule has 2 aromatic heterocycles. The van der Waals surface area contributed by atoms with Gasteiger partial charge in [-0.1, -0.05) is 0 Å². The summed E-state index contributed by atoms with van der Waals surface area (Å²) in [6.07, 6.45) is -0.125. The Kier molecular flexibility index (Phi) is 3.19. The van der Waals surface area contributed by atoms with E-state index in [1.54, 1.807) is 16.8 Å². The summed E-state index contributed by atoms with van der Waals surface area (Å²) >= 11 is 0. The molecule has 0 amide bonds. The van der Waals surface area contributed by atoms with E-state index in [2.05, 4.69) is 9.97 Å². The molecule has 0 aromatic carbocycles. The van der Waals surface area contributed by atoms with E-state index in [0.717, 1.165) is 0 Å². The van der Waals surface area contributed by atoms with Crippen molar-refractivity contribution in [1.82, 2.24) is 14.5 Å². The molecule has 3 heterocycles. The maximum absolute atomic E-state index is 10.7. The molecule has 0 saturated carbocycles. The number of nitrogens with two attached hydrogens (primary N) is 1. The third kappa shape index (κ3) is 2.07. The van der Waals surface area contributed by atoms with Gasteiger partial charge in [0.1, 0.15) is 35.6 Å². The topological polar surface area (TPSA) is 127 Å². The summed E-state index contributed by atoms with van der Waals surface area (Å²) in [4.78, 5) is 8.07. The Bertz CT molecular complexity index is 706. The fourth-order valence-corrected chi connectivity index (χ4v) is 2.88. The number of nitrogens with zero attached hydrogens (tertiary/aromatic N) is 3. The summed E-state index contributed by atoms with van der Waals surface area (Å²) < 4.78 is 7.34. The number of aromatic nitrogens is 3. The lowest BCUT2D eigenvalue weighted by molar-refractivity contribution is -0.124. The van der Waals surface area contributed by atoms with Crippen molar-refractivity contribution in [1.29, 1.82) is 0 Å². The van der Waals surface area contributed by atoms with Crippen LogP contribution in [-0.4, -0.2) is 53.3 Å². The number of hydrogen-bond acceptors (Lipinski definition) is 7. The Morgan fingerprint density at radius 1 is 1.41 bits per heavy atom. The van der Waals surface area contributed by atoms with E-state index in [4.69, 9.17) is 10.5 Å². The Morgan fingerprint density at radius 3 is 2.68 bits per heavy atom. The quantitative estimate of drug-likeness (QED) is 0.604. The zero-order chi connectivity index (χ0) is 16.3. The Labute approximate surface area is 127 Å². The largest absolute Gasteiger partial charge is 0.388 e. The summed E-state index contributed by atoms with van der Waals surface area (Å²) in [6.45, 7) is 4.50. The standard InChI is InChI=1S/C14H20N4O4/c1-13(2,20)9-8(19)14(3,21)12(22-9)18-5-4-7-10(15)16-6-17-11(7)18/h4-6,8-9,12,19-21H,1-3H3,(H2,15,16,17). The summed E-state index contributed by atoms with van der Waals surface area (Å²) in [7, 11) is 0. The van der Waals surface area contributed by atoms with Gasteiger partial charge in [0.15, 0.2) is 6.23 Å². The first-order valence-corrected chi connectivity index (χ1v) is 6.99. The Balaban J connectivity index is 2.09. The van der Waals surface area contributed by atoms with Gasteiger partial charge in [0.05, 0.1) is 11.0 Å². The number of hydrogen-bond donors (Lipinski definition) is 4. The molecular weight excluding hydrogens is 288 g/mol. The fourth-order valence-electron chi connectivity index (χ4n) is 2.88. The number of anilines is 1. The number of aliphatic hydroxyl groups excluding tert-OH is 1. The number of aliphatic hydroxyl groups is 3. The molecule has 4 atom stereocenters. The van der Waals surface area contributed by atoms with Crippen LogP contribution in [0.15, 0.2) is 18.6 Å². The maximum atomic E-state index is 10.7. The smallest absolute Gasteiger partial charge is 0.167 e. The summed E-state index contributed by atoms with van der Waals surface area (Å²) in [6, 6.07) is 1.72. The second-order valence-corrected chi connectivity index (χ2v) is 6.45. The number of ether oxygens (including phenoxy) is 1. The molecule has 2 aromatic rings. The third-order valence-corrected chi connectivity index (χ3v) is 4.15. The highest BCUT2D eigenvalue weighted by Crippen LogP contribution is 2.43. The first kappa shape index (κ1) is 15.2. The fraction of sp³-hybridized carbons (Fsp3) is 0.571. The summed E-state index contributed by atoms with van der Waals surface area (Å²) in [5.41, 5.74) is 3.38. The molecule has 1 fully saturated rings. The molecule has 0 aliphatic carbocycles. The molecule has 0 bridgehead atoms. The molecule has 22 heavy (non-hydrogen) atoms. The van der Waals surface area contributed by atoms with Crippen LogP contribution in [0.2, 0.25) is 0 Å². The van der Waals surface area contributed by atoms with Gasteiger partial charge < -0.3 is 30.4 Å². The molecule has 0 radical (unpaired) electrons. The highest BCUT2D eigenvalue weighted by Gasteiger charge is 2.57. The number of rotatable bonds is 2. The van der Waals surface area contributed by atoms with Gasteiger partial charge in [0.2, 0.25) is 0 Å². The SMILES string of the molecule is CC(C)(O)C1OC(n2ccc3c(N)ncnc32)C(C)(O)C1O. The monoisotopic (exact) mass is 308 g/mol. The van der Waals surface area contributed by atoms with Crippen molar-refractivity contribution in [3.8, 4) is 0 Å². The van der Waals surface area contributed by atoms with Crippen molar-refractivity contribution in [2.45, 2.75) is 50.4 Å². The second kappa shape index (κ2) is 4.63. The van der Waals surface area contributed by atoms with E-state index in [9.17, 15) is 15.3 Å². The first-order chi connectivity index (χ1) is 10.1. The third-order valence-electron chi connectivity index (χ3n) is 4.15. The van der Waals surface area contributed by atoms with E-state index in [-0.39, 0.29) is 0 Å². The predicted octanol–water partition coefficient (Wildman–Crippen LogP) is -0.206. The van der Waals surface area contributed by atoms with Crippen molar-refractivity contribution in [2.24, 2.45) is 0 Å². The molecular formula is C14H20N4O4. The van der Waals surface area contributed by atoms with Gasteiger partial charge in [0.25, 0.3) is 0 Å². The second-order valence-electron chi connectivity index (χ2n) is 6.45. The average Bonchev–Trinajstić information content (AvgIpc) is 2.91. The Morgan fingerprint density at radius 2 is 2.09 bits per heavy atom. The lowest BCUT2D eigenvalue weighted by atomic mass is 9.89. The molecule has 8 nitrogen and oxygen atoms in total. The van der Waals surface area contributed by atoms with Crippen LogP contribution in [0.4, 0.5) is 5.82 Å². The molecule has 0 spiro atoms. The van der Waals surface area contributed by atoms with Crippen molar-refractivity contribution in [2.75, 3.05) is 5.73 Å². The van der Waals surface area contributed by atoms with Crippen molar-refractivity contribution in [3.63, 3.8) is 0 Å². The number of fused-ring (bicyclic) bond motifs is 1. The minimum atomic E-state index is -1.60. The van der Waals surface area contributed by atoms with Gasteiger partial charge in [-0.25, -0.2) is 9.97 Å². The zero-order valence-corrected chi connectivity index (χ0v) is 12.6. The maximum Gasteiger partial charge on any atom is 0.167 e. The van der Waals surface area contributed by atoms with E-state index < -0.39 is 29.6 Å². The van der Waals surface area contributed by atoms with Gasteiger partial charge in [0, 0.05) is 6.20 Å². The van der Waals surface area contributed by atoms with Crippen LogP contribution in [0.3, 0.4) is 0 Å². The molecule has 1 aliphatic rings. The minimum absolute atomic E-state index is 0.320. The van der Waals surface area contributed by atoms with Gasteiger partial charge in [-0.3, -0.25) is 0 Å². The molecule has 3 rings (SSSR count). The molecule has 4 unspecified atom stereocenters. The van der Waals surface area contributed by atoms with Gasteiger partial charge >= 0.3 is 0 Å². The van der Waals surface area contributed by atoms with Crippen LogP contribution in [0, 0.1) is 0 Å². The lowest BCUT2D eigenvalue weighted by Crippen LogP contribution is -2.49. The van der Waals surface area contributed by atoms with Crippen LogP contribution in [0.1, 0.15) is 27.0 Å². The van der Waals surface area contributed by atoms with Crippen molar-refractivity contribution < 1.29 is 20.1 Å². The minimum Gasteiger partial charge on any atom is -0.388 e. The van der Waals surface area contributed by atoms with Crippen LogP contribution in [-0.2, 0) is 4.74 Å². The van der Waals surface area contributed by atoms with Gasteiger partial charge in [-0.2, -0.15) is 0 Å². The molecule has 1 aliphatic heterocycles. The summed E-state index contributed by atoms with van der Waals surface area (Å²) in [5, 5.41) is 31.8. The average molecular weight is 308 g/mol. The number of nitrogen functional groups attached to an aromatic ring is 1. The van der Waals surface area contributed by atoms with E-state index in [1.165, 1.54) is 27.1 Å². The predicted molar refractivity (Wildman–Crippen MR) is 78.8 cm³/mol. The van der Waals surface area contributed by atoms with Crippen molar-refractivity contribution in [3.05, 3.63) is 18.6 Å². The Hall–Kier alpha value is -1.74. The summed E-state index contributed by atoms with van der Waals surface area (Å²) in [5.74, 6) is 0.320. The molecule has 120 valence electrons. The van der Waals surface area contributed by atoms with Crippen LogP contribution < -0.4 is 5.73 Å². The van der Waals surface area contributed by atoms with Crippen LogP contribution in [0.25, 0.3) is 11.0 Å². The van der Waals surface area contributed by atoms with Gasteiger partial charge in [-0.05, 0) is 26.8 Å². The van der Waals surface area contributed by atoms with E-state index >= 15 is 0 Å². The first-order valence-electron chi connectivity index (χ1n) is 6.99. The van der Waals surface area contributed by atoms with Crippen LogP contribution in [0.5, 0.6) is 0 Å². The van der Waals surface area contributed by atoms with Crippen LogP contribution >= 0.6 is 0 Å². The highest BCUT2D eigenvalue weighted by molar-refractivity contribution is 5.86. The highest BCUT2D eigenvalue weighted by atomic mass is 16.6. The van der Waals surface area contributed by atoms with Gasteiger partial charge in [-0.15, -0.1) is 0 Å².